The second-order valence-corrected chi connectivity index (χ2v) is 6.56. The molecule has 0 saturated heterocycles. The van der Waals surface area contributed by atoms with Gasteiger partial charge in [-0.1, -0.05) is 66.7 Å². The molecular weight excluding hydrogens is 364 g/mol. The predicted molar refractivity (Wildman–Crippen MR) is 111 cm³/mol. The first-order valence-corrected chi connectivity index (χ1v) is 9.35. The zero-order valence-corrected chi connectivity index (χ0v) is 15.8. The number of ether oxygens (including phenoxy) is 3. The van der Waals surface area contributed by atoms with Crippen molar-refractivity contribution in [2.24, 2.45) is 0 Å². The van der Waals surface area contributed by atoms with Crippen LogP contribution in [0, 0.1) is 0 Å². The highest BCUT2D eigenvalue weighted by molar-refractivity contribution is 5.87. The Morgan fingerprint density at radius 1 is 0.724 bits per heavy atom. The van der Waals surface area contributed by atoms with Gasteiger partial charge in [-0.05, 0) is 41.0 Å². The van der Waals surface area contributed by atoms with Crippen LogP contribution in [-0.4, -0.2) is 5.97 Å². The van der Waals surface area contributed by atoms with Crippen LogP contribution in [-0.2, 0) is 22.7 Å². The molecule has 0 bridgehead atoms. The van der Waals surface area contributed by atoms with Gasteiger partial charge in [0, 0.05) is 6.08 Å². The summed E-state index contributed by atoms with van der Waals surface area (Å²) in [6.07, 6.45) is 4.83. The molecule has 0 N–H and O–H groups in total. The standard InChI is InChI=1S/C25H20O4/c26-25-14-12-22(29-25)15-21-11-13-23(27-17-19-7-3-1-4-8-19)24(16-21)28-18-20-9-5-2-6-10-20/h1-16H,17-18H2/b22-15-. The van der Waals surface area contributed by atoms with E-state index in [1.54, 1.807) is 12.2 Å². The van der Waals surface area contributed by atoms with Gasteiger partial charge in [-0.3, -0.25) is 0 Å². The van der Waals surface area contributed by atoms with Crippen molar-refractivity contribution in [1.29, 1.82) is 0 Å². The Morgan fingerprint density at radius 2 is 1.34 bits per heavy atom. The Kier molecular flexibility index (Phi) is 5.72. The van der Waals surface area contributed by atoms with Gasteiger partial charge < -0.3 is 14.2 Å². The number of esters is 1. The van der Waals surface area contributed by atoms with Crippen LogP contribution in [0.4, 0.5) is 0 Å². The molecule has 4 heteroatoms. The summed E-state index contributed by atoms with van der Waals surface area (Å²) < 4.78 is 17.2. The molecule has 0 unspecified atom stereocenters. The lowest BCUT2D eigenvalue weighted by Crippen LogP contribution is -2.01. The summed E-state index contributed by atoms with van der Waals surface area (Å²) in [6.45, 7) is 0.876. The van der Waals surface area contributed by atoms with Crippen molar-refractivity contribution in [3.8, 4) is 11.5 Å². The quantitative estimate of drug-likeness (QED) is 0.519. The number of carbonyl (C=O) groups excluding carboxylic acids is 1. The van der Waals surface area contributed by atoms with Gasteiger partial charge in [-0.15, -0.1) is 0 Å². The molecule has 0 atom stereocenters. The average molecular weight is 384 g/mol. The SMILES string of the molecule is O=C1C=C/C(=C/c2ccc(OCc3ccccc3)c(OCc3ccccc3)c2)O1. The molecule has 3 aromatic carbocycles. The third-order valence-electron chi connectivity index (χ3n) is 4.35. The van der Waals surface area contributed by atoms with E-state index >= 15 is 0 Å². The van der Waals surface area contributed by atoms with Gasteiger partial charge in [0.2, 0.25) is 0 Å². The van der Waals surface area contributed by atoms with Gasteiger partial charge in [0.1, 0.15) is 19.0 Å². The second kappa shape index (κ2) is 8.93. The lowest BCUT2D eigenvalue weighted by molar-refractivity contribution is -0.132. The Hall–Kier alpha value is -3.79. The van der Waals surface area contributed by atoms with Crippen molar-refractivity contribution in [3.63, 3.8) is 0 Å². The van der Waals surface area contributed by atoms with Gasteiger partial charge in [0.05, 0.1) is 0 Å². The number of carbonyl (C=O) groups is 1. The molecule has 1 heterocycles. The third-order valence-corrected chi connectivity index (χ3v) is 4.35. The van der Waals surface area contributed by atoms with E-state index in [1.165, 1.54) is 6.08 Å². The lowest BCUT2D eigenvalue weighted by Gasteiger charge is -2.14. The highest BCUT2D eigenvalue weighted by Crippen LogP contribution is 2.31. The normalized spacial score (nSPS) is 14.1. The molecule has 3 aromatic rings. The zero-order chi connectivity index (χ0) is 19.9. The van der Waals surface area contributed by atoms with Crippen LogP contribution in [0.2, 0.25) is 0 Å². The van der Waals surface area contributed by atoms with Crippen LogP contribution in [0.3, 0.4) is 0 Å². The molecule has 0 radical (unpaired) electrons. The van der Waals surface area contributed by atoms with Crippen LogP contribution in [0.5, 0.6) is 11.5 Å². The molecule has 0 saturated carbocycles. The Balaban J connectivity index is 1.55. The van der Waals surface area contributed by atoms with Crippen LogP contribution in [0.25, 0.3) is 6.08 Å². The van der Waals surface area contributed by atoms with Crippen molar-refractivity contribution >= 4 is 12.0 Å². The summed E-state index contributed by atoms with van der Waals surface area (Å²) in [6, 6.07) is 25.6. The number of rotatable bonds is 7. The maximum atomic E-state index is 11.2. The lowest BCUT2D eigenvalue weighted by atomic mass is 10.1. The number of benzene rings is 3. The smallest absolute Gasteiger partial charge is 0.336 e. The van der Waals surface area contributed by atoms with Gasteiger partial charge in [-0.2, -0.15) is 0 Å². The zero-order valence-electron chi connectivity index (χ0n) is 15.8. The molecule has 0 amide bonds. The first kappa shape index (κ1) is 18.6. The van der Waals surface area contributed by atoms with Crippen molar-refractivity contribution in [1.82, 2.24) is 0 Å². The predicted octanol–water partition coefficient (Wildman–Crippen LogP) is 5.30. The Bertz CT molecular complexity index is 1040. The molecule has 0 aromatic heterocycles. The molecule has 144 valence electrons. The van der Waals surface area contributed by atoms with Crippen molar-refractivity contribution < 1.29 is 19.0 Å². The minimum atomic E-state index is -0.361. The maximum absolute atomic E-state index is 11.2. The third kappa shape index (κ3) is 5.14. The van der Waals surface area contributed by atoms with Crippen LogP contribution in [0.15, 0.2) is 96.8 Å². The highest BCUT2D eigenvalue weighted by atomic mass is 16.5. The Morgan fingerprint density at radius 3 is 1.93 bits per heavy atom. The van der Waals surface area contributed by atoms with Crippen LogP contribution >= 0.6 is 0 Å². The summed E-state index contributed by atoms with van der Waals surface area (Å²) in [5.41, 5.74) is 3.00. The summed E-state index contributed by atoms with van der Waals surface area (Å²) in [5.74, 6) is 1.43. The first-order chi connectivity index (χ1) is 14.3. The van der Waals surface area contributed by atoms with E-state index in [1.807, 2.05) is 78.9 Å². The van der Waals surface area contributed by atoms with Crippen molar-refractivity contribution in [3.05, 3.63) is 113 Å². The molecule has 4 rings (SSSR count). The van der Waals surface area contributed by atoms with Crippen LogP contribution in [0.1, 0.15) is 16.7 Å². The summed E-state index contributed by atoms with van der Waals surface area (Å²) in [4.78, 5) is 11.2. The molecule has 0 aliphatic carbocycles. The minimum absolute atomic E-state index is 0.361. The molecule has 4 nitrogen and oxygen atoms in total. The van der Waals surface area contributed by atoms with E-state index in [0.29, 0.717) is 30.5 Å². The largest absolute Gasteiger partial charge is 0.485 e. The summed E-state index contributed by atoms with van der Waals surface area (Å²) in [5, 5.41) is 0. The second-order valence-electron chi connectivity index (χ2n) is 6.56. The Labute approximate surface area is 169 Å². The fourth-order valence-corrected chi connectivity index (χ4v) is 2.89. The van der Waals surface area contributed by atoms with E-state index in [4.69, 9.17) is 14.2 Å². The molecule has 29 heavy (non-hydrogen) atoms. The monoisotopic (exact) mass is 384 g/mol. The van der Waals surface area contributed by atoms with Crippen LogP contribution < -0.4 is 9.47 Å². The van der Waals surface area contributed by atoms with E-state index in [0.717, 1.165) is 16.7 Å². The molecule has 1 aliphatic heterocycles. The van der Waals surface area contributed by atoms with Gasteiger partial charge in [0.25, 0.3) is 0 Å². The van der Waals surface area contributed by atoms with Gasteiger partial charge in [-0.25, -0.2) is 4.79 Å². The molecular formula is C25H20O4. The summed E-state index contributed by atoms with van der Waals surface area (Å²) >= 11 is 0. The van der Waals surface area contributed by atoms with E-state index in [-0.39, 0.29) is 5.97 Å². The maximum Gasteiger partial charge on any atom is 0.336 e. The molecule has 0 fully saturated rings. The minimum Gasteiger partial charge on any atom is -0.485 e. The van der Waals surface area contributed by atoms with E-state index in [2.05, 4.69) is 0 Å². The van der Waals surface area contributed by atoms with Crippen molar-refractivity contribution in [2.75, 3.05) is 0 Å². The van der Waals surface area contributed by atoms with Crippen molar-refractivity contribution in [2.45, 2.75) is 13.2 Å². The number of hydrogen-bond donors (Lipinski definition) is 0. The highest BCUT2D eigenvalue weighted by Gasteiger charge is 2.11. The fraction of sp³-hybridized carbons (Fsp3) is 0.0800. The number of allylic oxidation sites excluding steroid dienone is 1. The first-order valence-electron chi connectivity index (χ1n) is 9.35. The number of cyclic esters (lactones) is 1. The average Bonchev–Trinajstić information content (AvgIpc) is 3.17. The number of hydrogen-bond acceptors (Lipinski definition) is 4. The van der Waals surface area contributed by atoms with E-state index in [9.17, 15) is 4.79 Å². The molecule has 0 spiro atoms. The summed E-state index contributed by atoms with van der Waals surface area (Å²) in [7, 11) is 0. The fourth-order valence-electron chi connectivity index (χ4n) is 2.89. The van der Waals surface area contributed by atoms with Gasteiger partial charge in [0.15, 0.2) is 11.5 Å². The van der Waals surface area contributed by atoms with Gasteiger partial charge >= 0.3 is 5.97 Å². The topological polar surface area (TPSA) is 44.8 Å². The van der Waals surface area contributed by atoms with E-state index < -0.39 is 0 Å². The molecule has 1 aliphatic rings.